The molecule has 0 saturated carbocycles. The molecule has 2 N–H and O–H groups in total. The fourth-order valence-corrected chi connectivity index (χ4v) is 2.23. The van der Waals surface area contributed by atoms with Gasteiger partial charge in [-0.1, -0.05) is 24.3 Å². The van der Waals surface area contributed by atoms with Crippen LogP contribution in [0, 0.1) is 0 Å². The first kappa shape index (κ1) is 17.7. The SMILES string of the molecule is CC(c1cccc(O)c1)N(C)C(=O)Nc1ccccc1C(F)(F)F. The molecule has 0 aliphatic heterocycles. The number of amides is 2. The van der Waals surface area contributed by atoms with Gasteiger partial charge in [0.2, 0.25) is 0 Å². The molecule has 7 heteroatoms. The van der Waals surface area contributed by atoms with E-state index in [-0.39, 0.29) is 11.4 Å². The van der Waals surface area contributed by atoms with Crippen LogP contribution in [-0.2, 0) is 6.18 Å². The number of anilines is 1. The van der Waals surface area contributed by atoms with Gasteiger partial charge >= 0.3 is 12.2 Å². The summed E-state index contributed by atoms with van der Waals surface area (Å²) in [5, 5.41) is 11.8. The smallest absolute Gasteiger partial charge is 0.418 e. The Bertz CT molecular complexity index is 732. The first-order valence-electron chi connectivity index (χ1n) is 7.19. The van der Waals surface area contributed by atoms with Gasteiger partial charge in [-0.3, -0.25) is 0 Å². The lowest BCUT2D eigenvalue weighted by Crippen LogP contribution is -2.34. The molecular weight excluding hydrogens is 321 g/mol. The van der Waals surface area contributed by atoms with Gasteiger partial charge in [-0.15, -0.1) is 0 Å². The van der Waals surface area contributed by atoms with E-state index in [2.05, 4.69) is 5.32 Å². The molecule has 24 heavy (non-hydrogen) atoms. The van der Waals surface area contributed by atoms with Crippen molar-refractivity contribution in [3.8, 4) is 5.75 Å². The molecule has 0 aliphatic rings. The van der Waals surface area contributed by atoms with Crippen LogP contribution in [0.25, 0.3) is 0 Å². The quantitative estimate of drug-likeness (QED) is 0.857. The summed E-state index contributed by atoms with van der Waals surface area (Å²) in [7, 11) is 1.47. The third kappa shape index (κ3) is 3.98. The zero-order valence-corrected chi connectivity index (χ0v) is 13.1. The Labute approximate surface area is 137 Å². The number of carbonyl (C=O) groups excluding carboxylic acids is 1. The van der Waals surface area contributed by atoms with Crippen molar-refractivity contribution in [3.63, 3.8) is 0 Å². The third-order valence-electron chi connectivity index (χ3n) is 3.73. The number of para-hydroxylation sites is 1. The minimum atomic E-state index is -4.56. The summed E-state index contributed by atoms with van der Waals surface area (Å²) in [4.78, 5) is 13.5. The molecule has 0 saturated heterocycles. The lowest BCUT2D eigenvalue weighted by Gasteiger charge is -2.26. The van der Waals surface area contributed by atoms with Crippen LogP contribution >= 0.6 is 0 Å². The van der Waals surface area contributed by atoms with Crippen LogP contribution in [0.3, 0.4) is 0 Å². The van der Waals surface area contributed by atoms with E-state index in [4.69, 9.17) is 0 Å². The molecule has 0 bridgehead atoms. The predicted octanol–water partition coefficient (Wildman–Crippen LogP) is 4.64. The predicted molar refractivity (Wildman–Crippen MR) is 84.7 cm³/mol. The minimum absolute atomic E-state index is 0.0515. The highest BCUT2D eigenvalue weighted by atomic mass is 19.4. The molecule has 1 unspecified atom stereocenters. The number of carbonyl (C=O) groups is 1. The van der Waals surface area contributed by atoms with Gasteiger partial charge in [-0.2, -0.15) is 13.2 Å². The standard InChI is InChI=1S/C17H17F3N2O2/c1-11(12-6-5-7-13(23)10-12)22(2)16(24)21-15-9-4-3-8-14(15)17(18,19)20/h3-11,23H,1-2H3,(H,21,24). The summed E-state index contributed by atoms with van der Waals surface area (Å²) in [5.74, 6) is 0.0515. The third-order valence-corrected chi connectivity index (χ3v) is 3.73. The molecule has 0 fully saturated rings. The van der Waals surface area contributed by atoms with Gasteiger partial charge in [0.1, 0.15) is 5.75 Å². The Morgan fingerprint density at radius 1 is 1.17 bits per heavy atom. The number of halogens is 3. The number of aromatic hydroxyl groups is 1. The van der Waals surface area contributed by atoms with Gasteiger partial charge < -0.3 is 15.3 Å². The summed E-state index contributed by atoms with van der Waals surface area (Å²) in [6.07, 6.45) is -4.56. The second kappa shape index (κ2) is 6.82. The molecular formula is C17H17F3N2O2. The molecule has 4 nitrogen and oxygen atoms in total. The Balaban J connectivity index is 2.18. The fourth-order valence-electron chi connectivity index (χ4n) is 2.23. The van der Waals surface area contributed by atoms with Gasteiger partial charge in [0, 0.05) is 7.05 Å². The van der Waals surface area contributed by atoms with Gasteiger partial charge in [0.25, 0.3) is 0 Å². The van der Waals surface area contributed by atoms with Crippen LogP contribution in [0.4, 0.5) is 23.7 Å². The number of rotatable bonds is 3. The highest BCUT2D eigenvalue weighted by Gasteiger charge is 2.34. The van der Waals surface area contributed by atoms with E-state index in [0.29, 0.717) is 5.56 Å². The Morgan fingerprint density at radius 2 is 1.83 bits per heavy atom. The normalized spacial score (nSPS) is 12.5. The highest BCUT2D eigenvalue weighted by molar-refractivity contribution is 5.90. The van der Waals surface area contributed by atoms with Crippen molar-refractivity contribution in [2.24, 2.45) is 0 Å². The maximum absolute atomic E-state index is 13.0. The number of nitrogens with one attached hydrogen (secondary N) is 1. The molecule has 0 aliphatic carbocycles. The average molecular weight is 338 g/mol. The van der Waals surface area contributed by atoms with Gasteiger partial charge in [-0.25, -0.2) is 4.79 Å². The van der Waals surface area contributed by atoms with Crippen LogP contribution in [0.1, 0.15) is 24.1 Å². The molecule has 0 radical (unpaired) electrons. The Kier molecular flexibility index (Phi) is 5.02. The summed E-state index contributed by atoms with van der Waals surface area (Å²) in [5.41, 5.74) is -0.543. The first-order valence-corrected chi connectivity index (χ1v) is 7.19. The molecule has 2 aromatic rings. The molecule has 2 aromatic carbocycles. The highest BCUT2D eigenvalue weighted by Crippen LogP contribution is 2.35. The summed E-state index contributed by atoms with van der Waals surface area (Å²) in [6.45, 7) is 1.71. The fraction of sp³-hybridized carbons (Fsp3) is 0.235. The second-order valence-electron chi connectivity index (χ2n) is 5.36. The maximum atomic E-state index is 13.0. The monoisotopic (exact) mass is 338 g/mol. The molecule has 1 atom stereocenters. The van der Waals surface area contributed by atoms with E-state index >= 15 is 0 Å². The molecule has 0 aromatic heterocycles. The Morgan fingerprint density at radius 3 is 2.46 bits per heavy atom. The van der Waals surface area contributed by atoms with Gasteiger partial charge in [0.15, 0.2) is 0 Å². The van der Waals surface area contributed by atoms with Crippen molar-refractivity contribution in [2.45, 2.75) is 19.1 Å². The van der Waals surface area contributed by atoms with E-state index in [1.807, 2.05) is 0 Å². The number of phenols is 1. The Hall–Kier alpha value is -2.70. The van der Waals surface area contributed by atoms with Crippen LogP contribution in [-0.4, -0.2) is 23.1 Å². The average Bonchev–Trinajstić information content (AvgIpc) is 2.53. The molecule has 2 amide bonds. The molecule has 0 heterocycles. The number of phenolic OH excluding ortho intramolecular Hbond substituents is 1. The van der Waals surface area contributed by atoms with Crippen LogP contribution in [0.2, 0.25) is 0 Å². The molecule has 0 spiro atoms. The van der Waals surface area contributed by atoms with Crippen LogP contribution in [0.15, 0.2) is 48.5 Å². The molecule has 2 rings (SSSR count). The van der Waals surface area contributed by atoms with Crippen molar-refractivity contribution >= 4 is 11.7 Å². The summed E-state index contributed by atoms with van der Waals surface area (Å²) < 4.78 is 38.9. The lowest BCUT2D eigenvalue weighted by atomic mass is 10.1. The van der Waals surface area contributed by atoms with Gasteiger partial charge in [-0.05, 0) is 36.8 Å². The van der Waals surface area contributed by atoms with E-state index in [0.717, 1.165) is 6.07 Å². The number of urea groups is 1. The lowest BCUT2D eigenvalue weighted by molar-refractivity contribution is -0.136. The molecule has 128 valence electrons. The number of benzene rings is 2. The number of nitrogens with zero attached hydrogens (tertiary/aromatic N) is 1. The van der Waals surface area contributed by atoms with Gasteiger partial charge in [0.05, 0.1) is 17.3 Å². The topological polar surface area (TPSA) is 52.6 Å². The number of hydrogen-bond donors (Lipinski definition) is 2. The van der Waals surface area contributed by atoms with Crippen molar-refractivity contribution in [1.82, 2.24) is 4.90 Å². The summed E-state index contributed by atoms with van der Waals surface area (Å²) >= 11 is 0. The van der Waals surface area contributed by atoms with Crippen LogP contribution < -0.4 is 5.32 Å². The first-order chi connectivity index (χ1) is 11.2. The second-order valence-corrected chi connectivity index (χ2v) is 5.36. The van der Waals surface area contributed by atoms with Crippen molar-refractivity contribution in [3.05, 3.63) is 59.7 Å². The van der Waals surface area contributed by atoms with Crippen molar-refractivity contribution in [2.75, 3.05) is 12.4 Å². The zero-order valence-electron chi connectivity index (χ0n) is 13.1. The number of hydrogen-bond acceptors (Lipinski definition) is 2. The van der Waals surface area contributed by atoms with E-state index < -0.39 is 23.8 Å². The maximum Gasteiger partial charge on any atom is 0.418 e. The van der Waals surface area contributed by atoms with Crippen LogP contribution in [0.5, 0.6) is 5.75 Å². The number of alkyl halides is 3. The van der Waals surface area contributed by atoms with E-state index in [1.165, 1.54) is 42.3 Å². The zero-order chi connectivity index (χ0) is 17.9. The summed E-state index contributed by atoms with van der Waals surface area (Å²) in [6, 6.07) is 10.0. The van der Waals surface area contributed by atoms with Crippen molar-refractivity contribution < 1.29 is 23.1 Å². The minimum Gasteiger partial charge on any atom is -0.508 e. The largest absolute Gasteiger partial charge is 0.508 e. The van der Waals surface area contributed by atoms with Crippen molar-refractivity contribution in [1.29, 1.82) is 0 Å². The van der Waals surface area contributed by atoms with E-state index in [9.17, 15) is 23.1 Å². The van der Waals surface area contributed by atoms with E-state index in [1.54, 1.807) is 19.1 Å².